The van der Waals surface area contributed by atoms with Gasteiger partial charge in [-0.2, -0.15) is 9.97 Å². The number of carbonyl (C=O) groups is 1. The summed E-state index contributed by atoms with van der Waals surface area (Å²) in [6.45, 7) is 19.5. The normalized spacial score (nSPS) is 19.2. The smallest absolute Gasteiger partial charge is 0.318 e. The summed E-state index contributed by atoms with van der Waals surface area (Å²) in [4.78, 5) is 35.2. The van der Waals surface area contributed by atoms with Crippen LogP contribution in [0, 0.1) is 12.5 Å². The maximum absolute atomic E-state index is 12.6. The fourth-order valence-electron chi connectivity index (χ4n) is 7.18. The van der Waals surface area contributed by atoms with Crippen molar-refractivity contribution in [1.29, 1.82) is 0 Å². The van der Waals surface area contributed by atoms with Crippen molar-refractivity contribution in [2.45, 2.75) is 64.2 Å². The third kappa shape index (κ3) is 6.38. The number of nitrogens with zero attached hydrogens (tertiary/aromatic N) is 7. The van der Waals surface area contributed by atoms with E-state index in [1.807, 2.05) is 12.1 Å². The molecular weight excluding hydrogens is 598 g/mol. The zero-order valence-corrected chi connectivity index (χ0v) is 27.9. The van der Waals surface area contributed by atoms with E-state index >= 15 is 0 Å². The van der Waals surface area contributed by atoms with Gasteiger partial charge in [-0.05, 0) is 55.8 Å². The van der Waals surface area contributed by atoms with Crippen molar-refractivity contribution in [3.63, 3.8) is 0 Å². The Morgan fingerprint density at radius 1 is 1.17 bits per heavy atom. The van der Waals surface area contributed by atoms with E-state index in [2.05, 4.69) is 71.3 Å². The van der Waals surface area contributed by atoms with Crippen LogP contribution in [0.25, 0.3) is 15.6 Å². The number of ether oxygens (including phenoxy) is 1. The molecule has 2 atom stereocenters. The predicted molar refractivity (Wildman–Crippen MR) is 185 cm³/mol. The molecule has 2 aliphatic heterocycles. The minimum Gasteiger partial charge on any atom is -0.462 e. The zero-order chi connectivity index (χ0) is 32.4. The van der Waals surface area contributed by atoms with Crippen LogP contribution in [0.15, 0.2) is 49.1 Å². The van der Waals surface area contributed by atoms with E-state index in [0.29, 0.717) is 50.8 Å². The molecule has 3 heterocycles. The summed E-state index contributed by atoms with van der Waals surface area (Å²) in [6.07, 6.45) is 5.85. The van der Waals surface area contributed by atoms with E-state index in [-0.39, 0.29) is 24.5 Å². The second-order valence-corrected chi connectivity index (χ2v) is 13.5. The molecule has 46 heavy (non-hydrogen) atoms. The van der Waals surface area contributed by atoms with Crippen LogP contribution in [0.5, 0.6) is 6.01 Å². The summed E-state index contributed by atoms with van der Waals surface area (Å²) in [5.41, 5.74) is 3.13. The van der Waals surface area contributed by atoms with Gasteiger partial charge in [-0.1, -0.05) is 62.7 Å². The Kier molecular flexibility index (Phi) is 9.67. The van der Waals surface area contributed by atoms with Crippen molar-refractivity contribution in [3.05, 3.63) is 76.8 Å². The summed E-state index contributed by atoms with van der Waals surface area (Å²) in [6, 6.07) is 13.3. The van der Waals surface area contributed by atoms with Crippen LogP contribution in [0.4, 0.5) is 11.5 Å². The maximum Gasteiger partial charge on any atom is 0.318 e. The van der Waals surface area contributed by atoms with Crippen LogP contribution >= 0.6 is 11.6 Å². The molecule has 0 radical (unpaired) electrons. The summed E-state index contributed by atoms with van der Waals surface area (Å²) < 4.78 is 6.49. The monoisotopic (exact) mass is 641 g/mol. The number of aromatic nitrogens is 2. The molecule has 1 unspecified atom stereocenters. The number of piperazine rings is 1. The maximum atomic E-state index is 12.6. The number of rotatable bonds is 10. The first-order chi connectivity index (χ1) is 22.3. The van der Waals surface area contributed by atoms with Gasteiger partial charge in [0.15, 0.2) is 0 Å². The summed E-state index contributed by atoms with van der Waals surface area (Å²) in [5, 5.41) is 2.89. The first kappa shape index (κ1) is 32.1. The number of halogens is 1. The third-order valence-electron chi connectivity index (χ3n) is 10.1. The SMILES string of the molecule is [C-]#[N+]CC1CN(c2nc(OC[C@H](C(C)C)N(C)C3CCC3)nc3c2CCN(c2cccc4cccc(Cl)c24)C3)CCN1C(=O)C=C. The minimum atomic E-state index is -0.244. The van der Waals surface area contributed by atoms with Gasteiger partial charge < -0.3 is 24.3 Å². The number of likely N-dealkylation sites (N-methyl/N-ethyl adjacent to an activating group) is 1. The molecule has 3 aromatic rings. The second kappa shape index (κ2) is 13.9. The van der Waals surface area contributed by atoms with Crippen LogP contribution in [0.3, 0.4) is 0 Å². The Bertz CT molecular complexity index is 1630. The van der Waals surface area contributed by atoms with Crippen LogP contribution in [0.1, 0.15) is 44.4 Å². The van der Waals surface area contributed by atoms with Crippen LogP contribution in [-0.4, -0.2) is 90.2 Å². The standard InChI is InChI=1S/C36H44ClN7O2/c1-6-33(45)44-19-18-43(21-27(44)20-38-4)35-28-16-17-42(31-15-8-11-25-10-7-14-29(37)34(25)31)22-30(28)39-36(40-35)46-23-32(24(2)3)41(5)26-12-9-13-26/h6-8,10-11,14-15,24,26-27,32H,1,9,12-13,16-23H2,2-3,5H3/t27?,32-/m1/s1. The van der Waals surface area contributed by atoms with E-state index in [1.54, 1.807) is 4.90 Å². The lowest BCUT2D eigenvalue weighted by Crippen LogP contribution is -2.56. The highest BCUT2D eigenvalue weighted by Crippen LogP contribution is 2.37. The van der Waals surface area contributed by atoms with Gasteiger partial charge in [-0.25, -0.2) is 6.57 Å². The first-order valence-electron chi connectivity index (χ1n) is 16.5. The van der Waals surface area contributed by atoms with E-state index < -0.39 is 0 Å². The fraction of sp³-hybridized carbons (Fsp3) is 0.500. The van der Waals surface area contributed by atoms with Crippen molar-refractivity contribution in [3.8, 4) is 6.01 Å². The topological polar surface area (TPSA) is 69.4 Å². The highest BCUT2D eigenvalue weighted by atomic mass is 35.5. The molecule has 1 aromatic heterocycles. The first-order valence-corrected chi connectivity index (χ1v) is 16.8. The number of amides is 1. The fourth-order valence-corrected chi connectivity index (χ4v) is 7.46. The highest BCUT2D eigenvalue weighted by molar-refractivity contribution is 6.36. The van der Waals surface area contributed by atoms with Crippen LogP contribution < -0.4 is 14.5 Å². The van der Waals surface area contributed by atoms with Gasteiger partial charge in [-0.15, -0.1) is 0 Å². The Balaban J connectivity index is 1.34. The molecule has 10 heteroatoms. The summed E-state index contributed by atoms with van der Waals surface area (Å²) in [5.74, 6) is 1.13. The molecule has 1 saturated heterocycles. The molecule has 6 rings (SSSR count). The van der Waals surface area contributed by atoms with Gasteiger partial charge in [0, 0.05) is 54.9 Å². The van der Waals surface area contributed by atoms with E-state index in [4.69, 9.17) is 32.9 Å². The van der Waals surface area contributed by atoms with E-state index in [9.17, 15) is 4.79 Å². The molecule has 0 spiro atoms. The number of hydrogen-bond acceptors (Lipinski definition) is 7. The molecule has 1 saturated carbocycles. The Labute approximate surface area is 277 Å². The zero-order valence-electron chi connectivity index (χ0n) is 27.2. The highest BCUT2D eigenvalue weighted by Gasteiger charge is 2.35. The molecule has 0 bridgehead atoms. The van der Waals surface area contributed by atoms with Crippen LogP contribution in [-0.2, 0) is 17.8 Å². The van der Waals surface area contributed by atoms with Gasteiger partial charge >= 0.3 is 6.01 Å². The van der Waals surface area contributed by atoms with Gasteiger partial charge in [0.05, 0.1) is 17.3 Å². The quantitative estimate of drug-likeness (QED) is 0.203. The van der Waals surface area contributed by atoms with E-state index in [0.717, 1.165) is 51.5 Å². The Morgan fingerprint density at radius 3 is 2.65 bits per heavy atom. The van der Waals surface area contributed by atoms with Gasteiger partial charge in [0.1, 0.15) is 18.5 Å². The number of hydrogen-bond donors (Lipinski definition) is 0. The van der Waals surface area contributed by atoms with Crippen molar-refractivity contribution in [1.82, 2.24) is 19.8 Å². The Hall–Kier alpha value is -3.87. The number of benzene rings is 2. The largest absolute Gasteiger partial charge is 0.462 e. The lowest BCUT2D eigenvalue weighted by molar-refractivity contribution is -0.128. The lowest BCUT2D eigenvalue weighted by Gasteiger charge is -2.42. The molecule has 1 amide bonds. The van der Waals surface area contributed by atoms with Gasteiger partial charge in [-0.3, -0.25) is 9.69 Å². The molecule has 1 aliphatic carbocycles. The lowest BCUT2D eigenvalue weighted by atomic mass is 9.89. The van der Waals surface area contributed by atoms with Crippen molar-refractivity contribution < 1.29 is 9.53 Å². The van der Waals surface area contributed by atoms with Crippen molar-refractivity contribution in [2.24, 2.45) is 5.92 Å². The number of anilines is 2. The number of carbonyl (C=O) groups excluding carboxylic acids is 1. The molecule has 9 nitrogen and oxygen atoms in total. The second-order valence-electron chi connectivity index (χ2n) is 13.1. The molecule has 0 N–H and O–H groups in total. The van der Waals surface area contributed by atoms with Crippen LogP contribution in [0.2, 0.25) is 5.02 Å². The van der Waals surface area contributed by atoms with Crippen molar-refractivity contribution >= 4 is 39.8 Å². The average molecular weight is 642 g/mol. The predicted octanol–water partition coefficient (Wildman–Crippen LogP) is 5.86. The van der Waals surface area contributed by atoms with Gasteiger partial charge in [0.2, 0.25) is 12.5 Å². The molecule has 242 valence electrons. The molecule has 2 aromatic carbocycles. The van der Waals surface area contributed by atoms with Crippen molar-refractivity contribution in [2.75, 3.05) is 56.2 Å². The molecule has 3 aliphatic rings. The summed E-state index contributed by atoms with van der Waals surface area (Å²) in [7, 11) is 2.21. The molecule has 2 fully saturated rings. The minimum absolute atomic E-state index is 0.137. The molecular formula is C36H44ClN7O2. The summed E-state index contributed by atoms with van der Waals surface area (Å²) >= 11 is 6.74. The Morgan fingerprint density at radius 2 is 1.96 bits per heavy atom. The van der Waals surface area contributed by atoms with Gasteiger partial charge in [0.25, 0.3) is 0 Å². The third-order valence-corrected chi connectivity index (χ3v) is 10.4. The van der Waals surface area contributed by atoms with E-state index in [1.165, 1.54) is 25.3 Å². The average Bonchev–Trinajstić information content (AvgIpc) is 3.03. The number of fused-ring (bicyclic) bond motifs is 2.